The lowest BCUT2D eigenvalue weighted by molar-refractivity contribution is -0.384. The minimum absolute atomic E-state index is 0.0726. The van der Waals surface area contributed by atoms with Crippen LogP contribution < -0.4 is 19.7 Å². The predicted molar refractivity (Wildman–Crippen MR) is 144 cm³/mol. The van der Waals surface area contributed by atoms with Crippen LogP contribution in [0.5, 0.6) is 11.5 Å². The van der Waals surface area contributed by atoms with Crippen molar-refractivity contribution in [2.75, 3.05) is 12.0 Å². The number of barbiturate groups is 1. The molecule has 3 aromatic rings. The van der Waals surface area contributed by atoms with Gasteiger partial charge in [-0.1, -0.05) is 23.7 Å². The zero-order valence-corrected chi connectivity index (χ0v) is 22.0. The molecule has 0 unspecified atom stereocenters. The van der Waals surface area contributed by atoms with Crippen molar-refractivity contribution in [2.24, 2.45) is 0 Å². The average molecular weight is 634 g/mol. The summed E-state index contributed by atoms with van der Waals surface area (Å²) in [6.45, 7) is 0.237. The Morgan fingerprint density at radius 3 is 2.49 bits per heavy atom. The van der Waals surface area contributed by atoms with Crippen LogP contribution >= 0.6 is 34.2 Å². The van der Waals surface area contributed by atoms with Crippen molar-refractivity contribution in [3.63, 3.8) is 0 Å². The van der Waals surface area contributed by atoms with Gasteiger partial charge in [-0.15, -0.1) is 0 Å². The molecule has 4 amide bonds. The standard InChI is InChI=1S/C25H17ClIN3O7/c1-36-21-12-15(11-20(27)22(21)37-13-14-3-2-4-16(26)9-14)10-19-23(31)28-25(33)29(24(19)32)17-5-7-18(8-6-17)30(34)35/h2-12H,13H2,1H3,(H,28,31,33)/b19-10+. The normalized spacial score (nSPS) is 14.5. The summed E-state index contributed by atoms with van der Waals surface area (Å²) in [6.07, 6.45) is 1.33. The number of benzene rings is 3. The van der Waals surface area contributed by atoms with Crippen molar-refractivity contribution in [3.05, 3.63) is 96.1 Å². The second-order valence-corrected chi connectivity index (χ2v) is 9.28. The van der Waals surface area contributed by atoms with Gasteiger partial charge in [-0.05, 0) is 76.2 Å². The van der Waals surface area contributed by atoms with E-state index in [2.05, 4.69) is 5.32 Å². The van der Waals surface area contributed by atoms with E-state index in [0.29, 0.717) is 25.7 Å². The highest BCUT2D eigenvalue weighted by molar-refractivity contribution is 14.1. The van der Waals surface area contributed by atoms with Gasteiger partial charge in [-0.25, -0.2) is 9.69 Å². The number of carbonyl (C=O) groups excluding carboxylic acids is 3. The van der Waals surface area contributed by atoms with Crippen LogP contribution in [0.3, 0.4) is 0 Å². The van der Waals surface area contributed by atoms with E-state index in [-0.39, 0.29) is 23.6 Å². The molecule has 0 spiro atoms. The number of non-ortho nitro benzene ring substituents is 1. The molecular weight excluding hydrogens is 617 g/mol. The van der Waals surface area contributed by atoms with E-state index >= 15 is 0 Å². The number of halogens is 2. The van der Waals surface area contributed by atoms with E-state index in [9.17, 15) is 24.5 Å². The number of nitrogens with one attached hydrogen (secondary N) is 1. The molecule has 10 nitrogen and oxygen atoms in total. The third-order valence-electron chi connectivity index (χ3n) is 5.26. The minimum Gasteiger partial charge on any atom is -0.493 e. The Hall–Kier alpha value is -3.97. The Bertz CT molecular complexity index is 1460. The van der Waals surface area contributed by atoms with E-state index in [1.54, 1.807) is 24.3 Å². The number of anilines is 1. The van der Waals surface area contributed by atoms with Crippen molar-refractivity contribution < 1.29 is 28.8 Å². The lowest BCUT2D eigenvalue weighted by Gasteiger charge is -2.26. The van der Waals surface area contributed by atoms with Crippen molar-refractivity contribution >= 4 is 69.5 Å². The minimum atomic E-state index is -0.960. The summed E-state index contributed by atoms with van der Waals surface area (Å²) >= 11 is 8.08. The highest BCUT2D eigenvalue weighted by atomic mass is 127. The number of hydrogen-bond donors (Lipinski definition) is 1. The molecule has 37 heavy (non-hydrogen) atoms. The Kier molecular flexibility index (Phi) is 7.74. The average Bonchev–Trinajstić information content (AvgIpc) is 2.86. The van der Waals surface area contributed by atoms with Crippen LogP contribution in [0.1, 0.15) is 11.1 Å². The molecule has 3 aromatic carbocycles. The maximum absolute atomic E-state index is 13.1. The van der Waals surface area contributed by atoms with Gasteiger partial charge in [0.2, 0.25) is 0 Å². The second kappa shape index (κ2) is 11.0. The van der Waals surface area contributed by atoms with Gasteiger partial charge in [-0.2, -0.15) is 0 Å². The number of rotatable bonds is 7. The van der Waals surface area contributed by atoms with Crippen LogP contribution in [0, 0.1) is 13.7 Å². The van der Waals surface area contributed by atoms with Gasteiger partial charge in [-0.3, -0.25) is 25.0 Å². The lowest BCUT2D eigenvalue weighted by atomic mass is 10.1. The highest BCUT2D eigenvalue weighted by Crippen LogP contribution is 2.36. The lowest BCUT2D eigenvalue weighted by Crippen LogP contribution is -2.54. The Labute approximate surface area is 229 Å². The molecule has 1 heterocycles. The smallest absolute Gasteiger partial charge is 0.335 e. The number of carbonyl (C=O) groups is 3. The zero-order valence-electron chi connectivity index (χ0n) is 19.1. The van der Waals surface area contributed by atoms with Gasteiger partial charge in [0.05, 0.1) is 21.3 Å². The molecule has 1 N–H and O–H groups in total. The first-order valence-electron chi connectivity index (χ1n) is 10.6. The molecule has 0 radical (unpaired) electrons. The zero-order chi connectivity index (χ0) is 26.7. The molecule has 0 bridgehead atoms. The first-order valence-corrected chi connectivity index (χ1v) is 12.0. The van der Waals surface area contributed by atoms with Crippen LogP contribution in [-0.4, -0.2) is 29.9 Å². The Balaban J connectivity index is 1.63. The fraction of sp³-hybridized carbons (Fsp3) is 0.0800. The van der Waals surface area contributed by atoms with Gasteiger partial charge < -0.3 is 9.47 Å². The maximum Gasteiger partial charge on any atom is 0.335 e. The van der Waals surface area contributed by atoms with Crippen molar-refractivity contribution in [1.29, 1.82) is 0 Å². The summed E-state index contributed by atoms with van der Waals surface area (Å²) in [7, 11) is 1.46. The molecule has 1 saturated heterocycles. The number of nitrogens with zero attached hydrogens (tertiary/aromatic N) is 2. The monoisotopic (exact) mass is 633 g/mol. The van der Waals surface area contributed by atoms with Crippen molar-refractivity contribution in [2.45, 2.75) is 6.61 Å². The second-order valence-electron chi connectivity index (χ2n) is 7.68. The first kappa shape index (κ1) is 26.1. The molecule has 0 atom stereocenters. The van der Waals surface area contributed by atoms with E-state index in [4.69, 9.17) is 21.1 Å². The molecule has 12 heteroatoms. The molecule has 188 valence electrons. The third kappa shape index (κ3) is 5.73. The van der Waals surface area contributed by atoms with E-state index in [1.165, 1.54) is 25.3 Å². The SMILES string of the molecule is COc1cc(/C=C2\C(=O)NC(=O)N(c3ccc([N+](=O)[O-])cc3)C2=O)cc(I)c1OCc1cccc(Cl)c1. The van der Waals surface area contributed by atoms with E-state index < -0.39 is 22.8 Å². The molecular formula is C25H17ClIN3O7. The number of hydrogen-bond acceptors (Lipinski definition) is 7. The van der Waals surface area contributed by atoms with Crippen LogP contribution in [0.4, 0.5) is 16.2 Å². The molecule has 0 aliphatic carbocycles. The summed E-state index contributed by atoms with van der Waals surface area (Å²) in [5.74, 6) is -0.915. The summed E-state index contributed by atoms with van der Waals surface area (Å²) in [5.41, 5.74) is 0.872. The fourth-order valence-corrected chi connectivity index (χ4v) is 4.52. The molecule has 0 saturated carbocycles. The van der Waals surface area contributed by atoms with Gasteiger partial charge in [0.15, 0.2) is 11.5 Å². The number of methoxy groups -OCH3 is 1. The molecule has 4 rings (SSSR count). The molecule has 1 aliphatic heterocycles. The molecule has 1 fully saturated rings. The molecule has 1 aliphatic rings. The summed E-state index contributed by atoms with van der Waals surface area (Å²) in [4.78, 5) is 49.1. The van der Waals surface area contributed by atoms with E-state index in [1.807, 2.05) is 34.7 Å². The fourth-order valence-electron chi connectivity index (χ4n) is 3.53. The third-order valence-corrected chi connectivity index (χ3v) is 6.29. The molecule has 0 aromatic heterocycles. The Morgan fingerprint density at radius 2 is 1.84 bits per heavy atom. The summed E-state index contributed by atoms with van der Waals surface area (Å²) < 4.78 is 12.1. The van der Waals surface area contributed by atoms with Crippen molar-refractivity contribution in [1.82, 2.24) is 5.32 Å². The van der Waals surface area contributed by atoms with Gasteiger partial charge in [0.25, 0.3) is 17.5 Å². The number of imide groups is 2. The van der Waals surface area contributed by atoms with Gasteiger partial charge >= 0.3 is 6.03 Å². The number of nitro benzene ring substituents is 1. The Morgan fingerprint density at radius 1 is 1.11 bits per heavy atom. The number of nitro groups is 1. The predicted octanol–water partition coefficient (Wildman–Crippen LogP) is 5.11. The number of amides is 4. The van der Waals surface area contributed by atoms with Gasteiger partial charge in [0, 0.05) is 17.2 Å². The van der Waals surface area contributed by atoms with Crippen molar-refractivity contribution in [3.8, 4) is 11.5 Å². The summed E-state index contributed by atoms with van der Waals surface area (Å²) in [5, 5.41) is 13.6. The first-order chi connectivity index (χ1) is 17.7. The van der Waals surface area contributed by atoms with Crippen LogP contribution in [-0.2, 0) is 16.2 Å². The summed E-state index contributed by atoms with van der Waals surface area (Å²) in [6, 6.07) is 14.4. The van der Waals surface area contributed by atoms with E-state index in [0.717, 1.165) is 22.6 Å². The maximum atomic E-state index is 13.1. The van der Waals surface area contributed by atoms with Crippen LogP contribution in [0.2, 0.25) is 5.02 Å². The topological polar surface area (TPSA) is 128 Å². The number of urea groups is 1. The van der Waals surface area contributed by atoms with Crippen LogP contribution in [0.25, 0.3) is 6.08 Å². The van der Waals surface area contributed by atoms with Gasteiger partial charge in [0.1, 0.15) is 12.2 Å². The quantitative estimate of drug-likeness (QED) is 0.126. The number of ether oxygens (including phenoxy) is 2. The largest absolute Gasteiger partial charge is 0.493 e. The highest BCUT2D eigenvalue weighted by Gasteiger charge is 2.37. The van der Waals surface area contributed by atoms with Crippen LogP contribution in [0.15, 0.2) is 66.2 Å².